The second-order valence-electron chi connectivity index (χ2n) is 9.64. The predicted molar refractivity (Wildman–Crippen MR) is 130 cm³/mol. The molecule has 6 nitrogen and oxygen atoms in total. The Hall–Kier alpha value is -1.63. The summed E-state index contributed by atoms with van der Waals surface area (Å²) in [7, 11) is 0. The van der Waals surface area contributed by atoms with E-state index in [0.717, 1.165) is 58.2 Å². The molecule has 1 aromatic rings. The zero-order valence-corrected chi connectivity index (χ0v) is 20.2. The second kappa shape index (κ2) is 11.3. The summed E-state index contributed by atoms with van der Waals surface area (Å²) in [5, 5.41) is 11.1. The molecule has 3 unspecified atom stereocenters. The van der Waals surface area contributed by atoms with Crippen LogP contribution in [0.5, 0.6) is 0 Å². The maximum absolute atomic E-state index is 5.70. The molecular formula is C25H43N5O. The van der Waals surface area contributed by atoms with Crippen molar-refractivity contribution in [1.29, 1.82) is 0 Å². The molecule has 3 atom stereocenters. The number of ether oxygens (including phenoxy) is 1. The van der Waals surface area contributed by atoms with E-state index in [0.29, 0.717) is 18.0 Å². The van der Waals surface area contributed by atoms with Gasteiger partial charge in [0.05, 0.1) is 6.54 Å². The van der Waals surface area contributed by atoms with E-state index in [-0.39, 0.29) is 11.6 Å². The first-order valence-electron chi connectivity index (χ1n) is 12.1. The largest absolute Gasteiger partial charge is 0.381 e. The fourth-order valence-electron chi connectivity index (χ4n) is 4.73. The summed E-state index contributed by atoms with van der Waals surface area (Å²) in [5.74, 6) is 1.55. The molecule has 1 aromatic carbocycles. The molecule has 2 aliphatic heterocycles. The summed E-state index contributed by atoms with van der Waals surface area (Å²) in [4.78, 5) is 7.63. The fraction of sp³-hybridized carbons (Fsp3) is 0.720. The Balaban J connectivity index is 1.69. The lowest BCUT2D eigenvalue weighted by molar-refractivity contribution is 0.0374. The highest BCUT2D eigenvalue weighted by Crippen LogP contribution is 2.26. The van der Waals surface area contributed by atoms with E-state index in [9.17, 15) is 0 Å². The lowest BCUT2D eigenvalue weighted by atomic mass is 9.88. The van der Waals surface area contributed by atoms with Gasteiger partial charge in [0.2, 0.25) is 0 Å². The molecule has 0 saturated carbocycles. The molecule has 2 heterocycles. The van der Waals surface area contributed by atoms with Crippen LogP contribution in [0.3, 0.4) is 0 Å². The average Bonchev–Trinajstić information content (AvgIpc) is 3.14. The van der Waals surface area contributed by atoms with Crippen molar-refractivity contribution in [1.82, 2.24) is 20.9 Å². The lowest BCUT2D eigenvalue weighted by Gasteiger charge is -2.39. The normalized spacial score (nSPS) is 25.5. The first-order chi connectivity index (χ1) is 14.9. The SMILES string of the molecule is CCNC(=NCC1(NC(C)c2ccccc2)CCOCC1)NC1CN(C(C)C)CC1C. The predicted octanol–water partition coefficient (Wildman–Crippen LogP) is 3.17. The Kier molecular flexibility index (Phi) is 8.76. The number of hydrogen-bond donors (Lipinski definition) is 3. The smallest absolute Gasteiger partial charge is 0.191 e. The van der Waals surface area contributed by atoms with Crippen LogP contribution in [0.1, 0.15) is 59.1 Å². The third-order valence-electron chi connectivity index (χ3n) is 6.85. The molecule has 3 N–H and O–H groups in total. The molecule has 2 fully saturated rings. The van der Waals surface area contributed by atoms with Gasteiger partial charge in [-0.25, -0.2) is 0 Å². The minimum atomic E-state index is -0.0406. The number of rotatable bonds is 8. The molecule has 3 rings (SSSR count). The van der Waals surface area contributed by atoms with E-state index < -0.39 is 0 Å². The second-order valence-corrected chi connectivity index (χ2v) is 9.64. The molecule has 0 radical (unpaired) electrons. The maximum atomic E-state index is 5.70. The summed E-state index contributed by atoms with van der Waals surface area (Å²) in [5.41, 5.74) is 1.28. The van der Waals surface area contributed by atoms with Crippen molar-refractivity contribution in [3.8, 4) is 0 Å². The molecule has 0 aliphatic carbocycles. The summed E-state index contributed by atoms with van der Waals surface area (Å²) in [6, 6.07) is 12.0. The van der Waals surface area contributed by atoms with Crippen molar-refractivity contribution >= 4 is 5.96 Å². The number of nitrogens with one attached hydrogen (secondary N) is 3. The molecule has 2 saturated heterocycles. The van der Waals surface area contributed by atoms with Gasteiger partial charge in [-0.1, -0.05) is 37.3 Å². The van der Waals surface area contributed by atoms with E-state index in [1.165, 1.54) is 5.56 Å². The zero-order valence-electron chi connectivity index (χ0n) is 20.2. The van der Waals surface area contributed by atoms with Gasteiger partial charge in [-0.3, -0.25) is 9.89 Å². The van der Waals surface area contributed by atoms with Crippen LogP contribution in [-0.4, -0.2) is 67.9 Å². The first-order valence-corrected chi connectivity index (χ1v) is 12.1. The van der Waals surface area contributed by atoms with Crippen LogP contribution in [0.25, 0.3) is 0 Å². The van der Waals surface area contributed by atoms with Crippen LogP contribution in [0.15, 0.2) is 35.3 Å². The highest BCUT2D eigenvalue weighted by atomic mass is 16.5. The van der Waals surface area contributed by atoms with Crippen molar-refractivity contribution in [2.45, 2.75) is 71.1 Å². The summed E-state index contributed by atoms with van der Waals surface area (Å²) in [6.07, 6.45) is 1.96. The summed E-state index contributed by atoms with van der Waals surface area (Å²) in [6.45, 7) is 16.7. The highest BCUT2D eigenvalue weighted by Gasteiger charge is 2.35. The fourth-order valence-corrected chi connectivity index (χ4v) is 4.73. The van der Waals surface area contributed by atoms with Crippen molar-refractivity contribution in [2.75, 3.05) is 39.4 Å². The van der Waals surface area contributed by atoms with Gasteiger partial charge in [0, 0.05) is 56.5 Å². The van der Waals surface area contributed by atoms with E-state index in [1.54, 1.807) is 0 Å². The molecule has 174 valence electrons. The number of hydrogen-bond acceptors (Lipinski definition) is 4. The zero-order chi connectivity index (χ0) is 22.3. The maximum Gasteiger partial charge on any atom is 0.191 e. The van der Waals surface area contributed by atoms with Crippen LogP contribution >= 0.6 is 0 Å². The van der Waals surface area contributed by atoms with Crippen LogP contribution in [0.2, 0.25) is 0 Å². The Labute approximate surface area is 189 Å². The Morgan fingerprint density at radius 3 is 2.48 bits per heavy atom. The van der Waals surface area contributed by atoms with Crippen LogP contribution in [0.4, 0.5) is 0 Å². The van der Waals surface area contributed by atoms with Crippen LogP contribution < -0.4 is 16.0 Å². The third-order valence-corrected chi connectivity index (χ3v) is 6.85. The topological polar surface area (TPSA) is 60.9 Å². The van der Waals surface area contributed by atoms with Gasteiger partial charge in [-0.05, 0) is 52.0 Å². The number of nitrogens with zero attached hydrogens (tertiary/aromatic N) is 2. The van der Waals surface area contributed by atoms with Gasteiger partial charge in [-0.15, -0.1) is 0 Å². The molecule has 0 amide bonds. The van der Waals surface area contributed by atoms with Gasteiger partial charge >= 0.3 is 0 Å². The first kappa shape index (κ1) is 24.0. The van der Waals surface area contributed by atoms with Crippen molar-refractivity contribution in [2.24, 2.45) is 10.9 Å². The number of likely N-dealkylation sites (tertiary alicyclic amines) is 1. The molecule has 2 aliphatic rings. The van der Waals surface area contributed by atoms with Crippen molar-refractivity contribution in [3.63, 3.8) is 0 Å². The third kappa shape index (κ3) is 6.67. The molecule has 6 heteroatoms. The van der Waals surface area contributed by atoms with Gasteiger partial charge in [0.15, 0.2) is 5.96 Å². The van der Waals surface area contributed by atoms with Gasteiger partial charge < -0.3 is 20.7 Å². The summed E-state index contributed by atoms with van der Waals surface area (Å²) >= 11 is 0. The van der Waals surface area contributed by atoms with E-state index in [2.05, 4.69) is 85.8 Å². The van der Waals surface area contributed by atoms with Crippen molar-refractivity contribution in [3.05, 3.63) is 35.9 Å². The Bertz CT molecular complexity index is 686. The standard InChI is InChI=1S/C25H43N5O/c1-6-26-24(28-23-17-30(19(2)3)16-20(23)4)27-18-25(12-14-31-15-13-25)29-21(5)22-10-8-7-9-11-22/h7-11,19-21,23,29H,6,12-18H2,1-5H3,(H2,26,27,28). The molecule has 0 spiro atoms. The molecule has 0 aromatic heterocycles. The minimum Gasteiger partial charge on any atom is -0.381 e. The van der Waals surface area contributed by atoms with E-state index in [1.807, 2.05) is 0 Å². The molecular weight excluding hydrogens is 386 g/mol. The summed E-state index contributed by atoms with van der Waals surface area (Å²) < 4.78 is 5.70. The quantitative estimate of drug-likeness (QED) is 0.438. The van der Waals surface area contributed by atoms with E-state index in [4.69, 9.17) is 9.73 Å². The van der Waals surface area contributed by atoms with Crippen molar-refractivity contribution < 1.29 is 4.74 Å². The molecule has 0 bridgehead atoms. The lowest BCUT2D eigenvalue weighted by Crippen LogP contribution is -2.54. The minimum absolute atomic E-state index is 0.0406. The highest BCUT2D eigenvalue weighted by molar-refractivity contribution is 5.80. The Morgan fingerprint density at radius 2 is 1.87 bits per heavy atom. The van der Waals surface area contributed by atoms with E-state index >= 15 is 0 Å². The van der Waals surface area contributed by atoms with Gasteiger partial charge in [0.1, 0.15) is 0 Å². The van der Waals surface area contributed by atoms with Gasteiger partial charge in [-0.2, -0.15) is 0 Å². The molecule has 31 heavy (non-hydrogen) atoms. The van der Waals surface area contributed by atoms with Gasteiger partial charge in [0.25, 0.3) is 0 Å². The van der Waals surface area contributed by atoms with Crippen LogP contribution in [0, 0.1) is 5.92 Å². The average molecular weight is 430 g/mol. The monoisotopic (exact) mass is 429 g/mol. The number of aliphatic imine (C=N–C) groups is 1. The number of guanidine groups is 1. The Morgan fingerprint density at radius 1 is 1.16 bits per heavy atom. The number of benzene rings is 1. The van der Waals surface area contributed by atoms with Crippen LogP contribution in [-0.2, 0) is 4.74 Å².